The molecule has 0 aliphatic heterocycles. The predicted octanol–water partition coefficient (Wildman–Crippen LogP) is 2.43. The van der Waals surface area contributed by atoms with Crippen molar-refractivity contribution in [1.82, 2.24) is 9.97 Å². The fourth-order valence-electron chi connectivity index (χ4n) is 1.36. The van der Waals surface area contributed by atoms with Gasteiger partial charge in [-0.25, -0.2) is 9.97 Å². The van der Waals surface area contributed by atoms with Crippen LogP contribution in [0.3, 0.4) is 0 Å². The Kier molecular flexibility index (Phi) is 4.87. The van der Waals surface area contributed by atoms with E-state index in [0.717, 1.165) is 30.3 Å². The maximum atomic E-state index is 4.23. The highest BCUT2D eigenvalue weighted by atomic mass is 15.1. The third-order valence-corrected chi connectivity index (χ3v) is 2.25. The number of hydrogen-bond donors (Lipinski definition) is 2. The lowest BCUT2D eigenvalue weighted by Gasteiger charge is -2.11. The maximum Gasteiger partial charge on any atom is 0.134 e. The highest BCUT2D eigenvalue weighted by Crippen LogP contribution is 2.17. The lowest BCUT2D eigenvalue weighted by Crippen LogP contribution is -2.08. The number of aromatic nitrogens is 2. The number of hydrogen-bond acceptors (Lipinski definition) is 4. The molecule has 1 aromatic heterocycles. The quantitative estimate of drug-likeness (QED) is 0.705. The standard InChI is InChI=1S/C11H20N4/c1-4-6-7-13-11-9(3)10(12-5-2)14-8-15-11/h8H,4-7H2,1-3H3,(H2,12,13,14,15). The van der Waals surface area contributed by atoms with Crippen molar-refractivity contribution in [2.45, 2.75) is 33.6 Å². The largest absolute Gasteiger partial charge is 0.370 e. The second-order valence-electron chi connectivity index (χ2n) is 3.51. The zero-order valence-electron chi connectivity index (χ0n) is 9.80. The Labute approximate surface area is 91.5 Å². The third kappa shape index (κ3) is 3.38. The first kappa shape index (κ1) is 11.8. The molecular weight excluding hydrogens is 188 g/mol. The van der Waals surface area contributed by atoms with E-state index in [-0.39, 0.29) is 0 Å². The average molecular weight is 208 g/mol. The summed E-state index contributed by atoms with van der Waals surface area (Å²) in [6, 6.07) is 0. The number of nitrogens with one attached hydrogen (secondary N) is 2. The minimum atomic E-state index is 0.881. The van der Waals surface area contributed by atoms with Crippen LogP contribution in [0.5, 0.6) is 0 Å². The molecule has 0 aliphatic rings. The molecule has 4 heteroatoms. The molecule has 0 spiro atoms. The highest BCUT2D eigenvalue weighted by molar-refractivity contribution is 5.56. The van der Waals surface area contributed by atoms with Crippen molar-refractivity contribution in [3.8, 4) is 0 Å². The van der Waals surface area contributed by atoms with E-state index >= 15 is 0 Å². The van der Waals surface area contributed by atoms with Gasteiger partial charge >= 0.3 is 0 Å². The zero-order chi connectivity index (χ0) is 11.1. The van der Waals surface area contributed by atoms with Crippen LogP contribution in [-0.4, -0.2) is 23.1 Å². The van der Waals surface area contributed by atoms with Gasteiger partial charge in [-0.1, -0.05) is 13.3 Å². The van der Waals surface area contributed by atoms with Crippen LogP contribution in [0.2, 0.25) is 0 Å². The molecule has 0 atom stereocenters. The Morgan fingerprint density at radius 2 is 1.80 bits per heavy atom. The Bertz CT molecular complexity index is 299. The summed E-state index contributed by atoms with van der Waals surface area (Å²) in [5, 5.41) is 6.54. The van der Waals surface area contributed by atoms with Gasteiger partial charge in [-0.05, 0) is 20.3 Å². The van der Waals surface area contributed by atoms with Crippen LogP contribution in [0.1, 0.15) is 32.3 Å². The van der Waals surface area contributed by atoms with Gasteiger partial charge in [0, 0.05) is 18.7 Å². The van der Waals surface area contributed by atoms with Gasteiger partial charge in [-0.2, -0.15) is 0 Å². The van der Waals surface area contributed by atoms with E-state index in [0.29, 0.717) is 0 Å². The zero-order valence-corrected chi connectivity index (χ0v) is 9.80. The highest BCUT2D eigenvalue weighted by Gasteiger charge is 2.04. The second kappa shape index (κ2) is 6.22. The Morgan fingerprint density at radius 1 is 1.13 bits per heavy atom. The van der Waals surface area contributed by atoms with Crippen LogP contribution >= 0.6 is 0 Å². The van der Waals surface area contributed by atoms with Crippen LogP contribution in [0.4, 0.5) is 11.6 Å². The Hall–Kier alpha value is -1.32. The Balaban J connectivity index is 2.66. The SMILES string of the molecule is CCCCNc1ncnc(NCC)c1C. The van der Waals surface area contributed by atoms with Gasteiger partial charge in [0.15, 0.2) is 0 Å². The first-order valence-electron chi connectivity index (χ1n) is 5.58. The van der Waals surface area contributed by atoms with E-state index < -0.39 is 0 Å². The van der Waals surface area contributed by atoms with E-state index in [1.165, 1.54) is 12.8 Å². The molecule has 4 nitrogen and oxygen atoms in total. The molecule has 84 valence electrons. The fourth-order valence-corrected chi connectivity index (χ4v) is 1.36. The van der Waals surface area contributed by atoms with Crippen LogP contribution in [0, 0.1) is 6.92 Å². The molecule has 0 fully saturated rings. The van der Waals surface area contributed by atoms with E-state index in [1.807, 2.05) is 6.92 Å². The molecule has 0 aliphatic carbocycles. The van der Waals surface area contributed by atoms with Gasteiger partial charge in [0.2, 0.25) is 0 Å². The summed E-state index contributed by atoms with van der Waals surface area (Å²) < 4.78 is 0. The van der Waals surface area contributed by atoms with Crippen molar-refractivity contribution in [3.63, 3.8) is 0 Å². The summed E-state index contributed by atoms with van der Waals surface area (Å²) in [7, 11) is 0. The lowest BCUT2D eigenvalue weighted by molar-refractivity contribution is 0.829. The van der Waals surface area contributed by atoms with Crippen LogP contribution in [0.25, 0.3) is 0 Å². The average Bonchev–Trinajstić information content (AvgIpc) is 2.24. The van der Waals surface area contributed by atoms with Gasteiger partial charge in [0.05, 0.1) is 0 Å². The lowest BCUT2D eigenvalue weighted by atomic mass is 10.3. The molecule has 0 saturated carbocycles. The molecule has 0 amide bonds. The van der Waals surface area contributed by atoms with Crippen molar-refractivity contribution in [2.75, 3.05) is 23.7 Å². The van der Waals surface area contributed by atoms with Crippen LogP contribution < -0.4 is 10.6 Å². The van der Waals surface area contributed by atoms with Crippen LogP contribution in [0.15, 0.2) is 6.33 Å². The summed E-state index contributed by atoms with van der Waals surface area (Å²) in [5.41, 5.74) is 1.09. The summed E-state index contributed by atoms with van der Waals surface area (Å²) in [6.45, 7) is 8.13. The topological polar surface area (TPSA) is 49.8 Å². The van der Waals surface area contributed by atoms with Crippen molar-refractivity contribution in [1.29, 1.82) is 0 Å². The third-order valence-electron chi connectivity index (χ3n) is 2.25. The fraction of sp³-hybridized carbons (Fsp3) is 0.636. The first-order valence-corrected chi connectivity index (χ1v) is 5.58. The summed E-state index contributed by atoms with van der Waals surface area (Å²) in [6.07, 6.45) is 3.95. The molecule has 1 aromatic rings. The minimum Gasteiger partial charge on any atom is -0.370 e. The summed E-state index contributed by atoms with van der Waals surface area (Å²) in [5.74, 6) is 1.86. The minimum absolute atomic E-state index is 0.881. The van der Waals surface area contributed by atoms with E-state index in [2.05, 4.69) is 34.4 Å². The molecule has 0 bridgehead atoms. The molecule has 2 N–H and O–H groups in total. The monoisotopic (exact) mass is 208 g/mol. The molecule has 15 heavy (non-hydrogen) atoms. The van der Waals surface area contributed by atoms with Crippen LogP contribution in [-0.2, 0) is 0 Å². The van der Waals surface area contributed by atoms with Gasteiger partial charge < -0.3 is 10.6 Å². The molecule has 1 rings (SSSR count). The van der Waals surface area contributed by atoms with E-state index in [1.54, 1.807) is 6.33 Å². The molecule has 0 radical (unpaired) electrons. The van der Waals surface area contributed by atoms with Gasteiger partial charge in [0.1, 0.15) is 18.0 Å². The van der Waals surface area contributed by atoms with Gasteiger partial charge in [-0.15, -0.1) is 0 Å². The first-order chi connectivity index (χ1) is 7.29. The van der Waals surface area contributed by atoms with Crippen molar-refractivity contribution < 1.29 is 0 Å². The normalized spacial score (nSPS) is 10.1. The van der Waals surface area contributed by atoms with Gasteiger partial charge in [0.25, 0.3) is 0 Å². The van der Waals surface area contributed by atoms with Crippen molar-refractivity contribution in [2.24, 2.45) is 0 Å². The molecule has 1 heterocycles. The number of unbranched alkanes of at least 4 members (excludes halogenated alkanes) is 1. The van der Waals surface area contributed by atoms with E-state index in [9.17, 15) is 0 Å². The van der Waals surface area contributed by atoms with Crippen molar-refractivity contribution in [3.05, 3.63) is 11.9 Å². The second-order valence-corrected chi connectivity index (χ2v) is 3.51. The molecule has 0 aromatic carbocycles. The molecule has 0 unspecified atom stereocenters. The maximum absolute atomic E-state index is 4.23. The Morgan fingerprint density at radius 3 is 2.40 bits per heavy atom. The molecule has 0 saturated heterocycles. The number of nitrogens with zero attached hydrogens (tertiary/aromatic N) is 2. The summed E-state index contributed by atoms with van der Waals surface area (Å²) >= 11 is 0. The smallest absolute Gasteiger partial charge is 0.134 e. The summed E-state index contributed by atoms with van der Waals surface area (Å²) in [4.78, 5) is 8.43. The van der Waals surface area contributed by atoms with Crippen molar-refractivity contribution >= 4 is 11.6 Å². The molecular formula is C11H20N4. The van der Waals surface area contributed by atoms with E-state index in [4.69, 9.17) is 0 Å². The number of anilines is 2. The van der Waals surface area contributed by atoms with Gasteiger partial charge in [-0.3, -0.25) is 0 Å². The predicted molar refractivity (Wildman–Crippen MR) is 64.3 cm³/mol. The number of rotatable bonds is 6.